The number of carbonyl (C=O) groups excluding carboxylic acids is 1. The number of fused-ring (bicyclic) bond motifs is 4. The molecule has 10 nitrogen and oxygen atoms in total. The topological polar surface area (TPSA) is 104 Å². The first kappa shape index (κ1) is 39.1. The number of aromatic nitrogens is 4. The van der Waals surface area contributed by atoms with Gasteiger partial charge in [-0.3, -0.25) is 9.48 Å². The minimum atomic E-state index is -1.00. The molecular weight excluding hydrogens is 761 g/mol. The Bertz CT molecular complexity index is 2540. The van der Waals surface area contributed by atoms with Crippen molar-refractivity contribution >= 4 is 62.6 Å². The summed E-state index contributed by atoms with van der Waals surface area (Å²) in [5.74, 6) is 0.183. The molecule has 0 spiro atoms. The Morgan fingerprint density at radius 1 is 1.00 bits per heavy atom. The Hall–Kier alpha value is -4.77. The fourth-order valence-electron chi connectivity index (χ4n) is 9.11. The van der Waals surface area contributed by atoms with Crippen LogP contribution >= 0.6 is 23.2 Å². The first-order valence-electron chi connectivity index (χ1n) is 19.8. The minimum Gasteiger partial charge on any atom is -0.494 e. The first-order chi connectivity index (χ1) is 27.3. The number of nitrogens with zero attached hydrogens (tertiary/aromatic N) is 5. The van der Waals surface area contributed by atoms with Gasteiger partial charge in [-0.25, -0.2) is 4.79 Å². The van der Waals surface area contributed by atoms with Gasteiger partial charge in [-0.15, -0.1) is 0 Å². The fourth-order valence-corrected chi connectivity index (χ4v) is 9.46. The van der Waals surface area contributed by atoms with Gasteiger partial charge in [-0.2, -0.15) is 5.10 Å². The van der Waals surface area contributed by atoms with Gasteiger partial charge in [0.15, 0.2) is 0 Å². The smallest absolute Gasteiger partial charge is 0.335 e. The number of ether oxygens (including phenoxy) is 2. The number of carboxylic acids is 1. The molecule has 3 aromatic carbocycles. The molecule has 1 N–H and O–H groups in total. The molecule has 1 amide bonds. The summed E-state index contributed by atoms with van der Waals surface area (Å²) in [5, 5.41) is 17.8. The Morgan fingerprint density at radius 2 is 1.74 bits per heavy atom. The zero-order valence-corrected chi connectivity index (χ0v) is 34.9. The van der Waals surface area contributed by atoms with Crippen LogP contribution in [0, 0.1) is 33.6 Å². The molecule has 5 heterocycles. The molecule has 0 unspecified atom stereocenters. The number of aromatic carboxylic acids is 1. The van der Waals surface area contributed by atoms with Crippen LogP contribution in [0.3, 0.4) is 0 Å². The molecule has 3 aromatic heterocycles. The number of hydrogen-bond acceptors (Lipinski definition) is 5. The maximum atomic E-state index is 15.3. The van der Waals surface area contributed by atoms with Crippen molar-refractivity contribution in [2.24, 2.45) is 13.0 Å². The number of carbonyl (C=O) groups is 2. The van der Waals surface area contributed by atoms with Crippen molar-refractivity contribution in [1.29, 1.82) is 0 Å². The zero-order valence-electron chi connectivity index (χ0n) is 33.4. The van der Waals surface area contributed by atoms with Crippen molar-refractivity contribution in [3.8, 4) is 16.9 Å². The van der Waals surface area contributed by atoms with E-state index in [0.717, 1.165) is 111 Å². The predicted octanol–water partition coefficient (Wildman–Crippen LogP) is 10.3. The molecule has 57 heavy (non-hydrogen) atoms. The normalized spacial score (nSPS) is 16.2. The molecule has 2 aliphatic rings. The second kappa shape index (κ2) is 15.5. The SMILES string of the molecule is Cc1cc(OCCCc2c3n(c4c(-c5c(C)nn(C)c5C)c(Cl)ccc24)[C@H](C)CN(c2cn(CCC4CCOCC4)c4ccc(C(=O)O)cc24)C3=O)cc(C)c1Cl. The van der Waals surface area contributed by atoms with Crippen LogP contribution in [0.4, 0.5) is 5.69 Å². The fraction of sp³-hybridized carbons (Fsp3) is 0.400. The monoisotopic (exact) mass is 809 g/mol. The van der Waals surface area contributed by atoms with Gasteiger partial charge in [0.2, 0.25) is 0 Å². The maximum Gasteiger partial charge on any atom is 0.335 e. The van der Waals surface area contributed by atoms with E-state index in [1.165, 1.54) is 0 Å². The Kier molecular flexibility index (Phi) is 10.6. The highest BCUT2D eigenvalue weighted by molar-refractivity contribution is 6.35. The Labute approximate surface area is 342 Å². The summed E-state index contributed by atoms with van der Waals surface area (Å²) < 4.78 is 18.1. The van der Waals surface area contributed by atoms with Crippen LogP contribution in [-0.4, -0.2) is 62.3 Å². The van der Waals surface area contributed by atoms with Crippen LogP contribution in [0.15, 0.2) is 48.7 Å². The van der Waals surface area contributed by atoms with E-state index >= 15 is 4.79 Å². The number of anilines is 1. The lowest BCUT2D eigenvalue weighted by Crippen LogP contribution is -2.42. The van der Waals surface area contributed by atoms with Crippen molar-refractivity contribution in [2.75, 3.05) is 31.3 Å². The second-order valence-corrected chi connectivity index (χ2v) is 16.6. The summed E-state index contributed by atoms with van der Waals surface area (Å²) in [4.78, 5) is 29.4. The number of carboxylic acid groups (broad SMARTS) is 1. The highest BCUT2D eigenvalue weighted by Gasteiger charge is 2.38. The molecule has 0 radical (unpaired) electrons. The third-order valence-electron chi connectivity index (χ3n) is 12.1. The van der Waals surface area contributed by atoms with Gasteiger partial charge < -0.3 is 28.6 Å². The summed E-state index contributed by atoms with van der Waals surface area (Å²) in [7, 11) is 1.93. The maximum absolute atomic E-state index is 15.3. The lowest BCUT2D eigenvalue weighted by Gasteiger charge is -2.34. The molecular formula is C45H49Cl2N5O5. The summed E-state index contributed by atoms with van der Waals surface area (Å²) in [5.41, 5.74) is 9.90. The minimum absolute atomic E-state index is 0.130. The standard InChI is InChI=1S/C45H49Cl2N5O5/c1-25-20-32(21-26(2)41(25)47)57-17-7-8-33-34-10-11-36(46)40(39-28(4)48-49(6)29(39)5)42(34)52-27(3)23-51(44(53)43(33)52)38-24-50(16-13-30-14-18-56-19-15-30)37-12-9-31(45(54)55)22-35(37)38/h9-12,20-22,24,27,30H,7-8,13-19,23H2,1-6H3,(H,54,55)/t27-/m1/s1. The number of amides is 1. The van der Waals surface area contributed by atoms with Crippen LogP contribution in [0.1, 0.15) is 87.6 Å². The quantitative estimate of drug-likeness (QED) is 0.131. The number of rotatable bonds is 11. The molecule has 0 saturated carbocycles. The van der Waals surface area contributed by atoms with Crippen LogP contribution in [0.5, 0.6) is 5.75 Å². The zero-order chi connectivity index (χ0) is 40.3. The molecule has 0 bridgehead atoms. The summed E-state index contributed by atoms with van der Waals surface area (Å²) >= 11 is 13.6. The predicted molar refractivity (Wildman–Crippen MR) is 227 cm³/mol. The molecule has 2 aliphatic heterocycles. The Balaban J connectivity index is 1.24. The highest BCUT2D eigenvalue weighted by Crippen LogP contribution is 2.46. The van der Waals surface area contributed by atoms with E-state index < -0.39 is 5.97 Å². The molecule has 1 atom stereocenters. The number of benzene rings is 3. The largest absolute Gasteiger partial charge is 0.494 e. The van der Waals surface area contributed by atoms with Crippen LogP contribution < -0.4 is 9.64 Å². The van der Waals surface area contributed by atoms with E-state index in [9.17, 15) is 9.90 Å². The third-order valence-corrected chi connectivity index (χ3v) is 13.0. The molecule has 0 aliphatic carbocycles. The van der Waals surface area contributed by atoms with E-state index in [0.29, 0.717) is 48.3 Å². The molecule has 1 fully saturated rings. The van der Waals surface area contributed by atoms with Gasteiger partial charge in [0.1, 0.15) is 11.4 Å². The van der Waals surface area contributed by atoms with Gasteiger partial charge in [0.25, 0.3) is 5.91 Å². The molecule has 8 rings (SSSR count). The number of halogens is 2. The number of aryl methyl sites for hydroxylation is 6. The van der Waals surface area contributed by atoms with Crippen molar-refractivity contribution in [1.82, 2.24) is 18.9 Å². The van der Waals surface area contributed by atoms with Crippen molar-refractivity contribution in [2.45, 2.75) is 79.3 Å². The molecule has 298 valence electrons. The van der Waals surface area contributed by atoms with Crippen LogP contribution in [0.25, 0.3) is 32.9 Å². The van der Waals surface area contributed by atoms with Crippen molar-refractivity contribution in [3.05, 3.63) is 98.0 Å². The Morgan fingerprint density at radius 3 is 2.42 bits per heavy atom. The lowest BCUT2D eigenvalue weighted by atomic mass is 9.97. The van der Waals surface area contributed by atoms with Gasteiger partial charge in [-0.05, 0) is 126 Å². The van der Waals surface area contributed by atoms with E-state index in [2.05, 4.69) is 16.1 Å². The van der Waals surface area contributed by atoms with Crippen LogP contribution in [0.2, 0.25) is 10.0 Å². The van der Waals surface area contributed by atoms with Gasteiger partial charge in [0, 0.05) is 78.2 Å². The third kappa shape index (κ3) is 6.99. The second-order valence-electron chi connectivity index (χ2n) is 15.9. The average molecular weight is 811 g/mol. The van der Waals surface area contributed by atoms with Crippen LogP contribution in [-0.2, 0) is 24.8 Å². The van der Waals surface area contributed by atoms with Crippen molar-refractivity contribution < 1.29 is 24.2 Å². The van der Waals surface area contributed by atoms with E-state index in [1.807, 2.05) is 80.9 Å². The highest BCUT2D eigenvalue weighted by atomic mass is 35.5. The van der Waals surface area contributed by atoms with E-state index in [-0.39, 0.29) is 17.5 Å². The first-order valence-corrected chi connectivity index (χ1v) is 20.6. The summed E-state index contributed by atoms with van der Waals surface area (Å²) in [6.45, 7) is 13.3. The number of hydrogen-bond donors (Lipinski definition) is 1. The van der Waals surface area contributed by atoms with E-state index in [1.54, 1.807) is 12.1 Å². The molecule has 12 heteroatoms. The summed E-state index contributed by atoms with van der Waals surface area (Å²) in [6.07, 6.45) is 6.32. The molecule has 6 aromatic rings. The van der Waals surface area contributed by atoms with Crippen molar-refractivity contribution in [3.63, 3.8) is 0 Å². The van der Waals surface area contributed by atoms with Gasteiger partial charge >= 0.3 is 5.97 Å². The van der Waals surface area contributed by atoms with Gasteiger partial charge in [-0.1, -0.05) is 29.3 Å². The average Bonchev–Trinajstić information content (AvgIpc) is 3.81. The van der Waals surface area contributed by atoms with Gasteiger partial charge in [0.05, 0.1) is 39.6 Å². The molecule has 1 saturated heterocycles. The lowest BCUT2D eigenvalue weighted by molar-refractivity contribution is 0.0627. The summed E-state index contributed by atoms with van der Waals surface area (Å²) in [6, 6.07) is 13.0. The van der Waals surface area contributed by atoms with E-state index in [4.69, 9.17) is 37.8 Å².